The lowest BCUT2D eigenvalue weighted by Crippen LogP contribution is -2.19. The molecule has 3 aromatic rings. The van der Waals surface area contributed by atoms with Crippen molar-refractivity contribution in [2.45, 2.75) is 13.1 Å². The maximum Gasteiger partial charge on any atom is 0.138 e. The average molecular weight is 317 g/mol. The zero-order valence-electron chi connectivity index (χ0n) is 13.6. The molecule has 0 saturated heterocycles. The van der Waals surface area contributed by atoms with Crippen molar-refractivity contribution in [1.29, 1.82) is 0 Å². The third kappa shape index (κ3) is 2.91. The van der Waals surface area contributed by atoms with Crippen LogP contribution >= 0.6 is 0 Å². The number of hydrogen-bond acceptors (Lipinski definition) is 3. The number of aromatic amines is 1. The van der Waals surface area contributed by atoms with Crippen LogP contribution in [-0.2, 0) is 13.1 Å². The highest BCUT2D eigenvalue weighted by molar-refractivity contribution is 5.60. The summed E-state index contributed by atoms with van der Waals surface area (Å²) in [6.45, 7) is 1.63. The van der Waals surface area contributed by atoms with Crippen LogP contribution in [0.1, 0.15) is 17.0 Å². The number of H-pyrrole nitrogens is 1. The second kappa shape index (κ2) is 6.24. The quantitative estimate of drug-likeness (QED) is 0.788. The summed E-state index contributed by atoms with van der Waals surface area (Å²) in [5.41, 5.74) is 4.51. The number of rotatable bonds is 4. The molecule has 1 aliphatic heterocycles. The minimum absolute atomic E-state index is 0.798. The van der Waals surface area contributed by atoms with E-state index in [1.807, 2.05) is 30.3 Å². The third-order valence-corrected chi connectivity index (χ3v) is 4.18. The number of imidazole rings is 1. The van der Waals surface area contributed by atoms with Gasteiger partial charge in [0.2, 0.25) is 0 Å². The lowest BCUT2D eigenvalue weighted by atomic mass is 10.1. The van der Waals surface area contributed by atoms with Gasteiger partial charge in [0.1, 0.15) is 11.6 Å². The molecule has 0 radical (unpaired) electrons. The molecule has 2 aromatic carbocycles. The van der Waals surface area contributed by atoms with Crippen LogP contribution in [0.15, 0.2) is 60.8 Å². The average Bonchev–Trinajstić information content (AvgIpc) is 3.06. The van der Waals surface area contributed by atoms with E-state index in [1.54, 1.807) is 7.11 Å². The predicted molar refractivity (Wildman–Crippen MR) is 95.3 cm³/mol. The fourth-order valence-electron chi connectivity index (χ4n) is 2.95. The second-order valence-electron chi connectivity index (χ2n) is 5.88. The summed E-state index contributed by atoms with van der Waals surface area (Å²) >= 11 is 0. The van der Waals surface area contributed by atoms with Crippen molar-refractivity contribution in [2.75, 3.05) is 7.11 Å². The lowest BCUT2D eigenvalue weighted by Gasteiger charge is -2.23. The zero-order chi connectivity index (χ0) is 16.4. The summed E-state index contributed by atoms with van der Waals surface area (Å²) in [7, 11) is 1.70. The molecule has 0 bridgehead atoms. The van der Waals surface area contributed by atoms with Crippen LogP contribution in [0.5, 0.6) is 5.75 Å². The Morgan fingerprint density at radius 2 is 2.00 bits per heavy atom. The Balaban J connectivity index is 1.52. The predicted octanol–water partition coefficient (Wildman–Crippen LogP) is 4.07. The normalized spacial score (nSPS) is 13.0. The molecule has 0 aliphatic carbocycles. The number of aromatic nitrogens is 2. The number of methoxy groups -OCH3 is 1. The number of nitrogens with zero attached hydrogens (tertiary/aromatic N) is 2. The van der Waals surface area contributed by atoms with Crippen molar-refractivity contribution < 1.29 is 4.74 Å². The van der Waals surface area contributed by atoms with Gasteiger partial charge in [-0.05, 0) is 23.8 Å². The van der Waals surface area contributed by atoms with E-state index in [-0.39, 0.29) is 0 Å². The molecule has 0 unspecified atom stereocenters. The van der Waals surface area contributed by atoms with Crippen LogP contribution < -0.4 is 4.74 Å². The van der Waals surface area contributed by atoms with Gasteiger partial charge in [-0.15, -0.1) is 0 Å². The van der Waals surface area contributed by atoms with Crippen LogP contribution in [0.3, 0.4) is 0 Å². The minimum Gasteiger partial charge on any atom is -0.497 e. The van der Waals surface area contributed by atoms with Gasteiger partial charge in [0, 0.05) is 18.3 Å². The topological polar surface area (TPSA) is 41.1 Å². The molecule has 1 N–H and O–H groups in total. The van der Waals surface area contributed by atoms with Gasteiger partial charge in [-0.1, -0.05) is 42.5 Å². The van der Waals surface area contributed by atoms with Crippen LogP contribution in [0.2, 0.25) is 0 Å². The lowest BCUT2D eigenvalue weighted by molar-refractivity contribution is 0.353. The fraction of sp³-hybridized carbons (Fsp3) is 0.150. The van der Waals surface area contributed by atoms with Crippen molar-refractivity contribution in [3.8, 4) is 17.1 Å². The maximum atomic E-state index is 5.30. The molecule has 24 heavy (non-hydrogen) atoms. The van der Waals surface area contributed by atoms with Crippen molar-refractivity contribution in [3.05, 3.63) is 77.7 Å². The largest absolute Gasteiger partial charge is 0.497 e. The Bertz CT molecular complexity index is 868. The summed E-state index contributed by atoms with van der Waals surface area (Å²) in [5.74, 6) is 1.81. The molecule has 4 rings (SSSR count). The van der Waals surface area contributed by atoms with Gasteiger partial charge in [-0.25, -0.2) is 4.98 Å². The molecule has 0 spiro atoms. The van der Waals surface area contributed by atoms with E-state index in [4.69, 9.17) is 9.72 Å². The van der Waals surface area contributed by atoms with E-state index >= 15 is 0 Å². The Morgan fingerprint density at radius 3 is 2.83 bits per heavy atom. The third-order valence-electron chi connectivity index (χ3n) is 4.18. The zero-order valence-corrected chi connectivity index (χ0v) is 13.6. The van der Waals surface area contributed by atoms with Crippen LogP contribution in [0.4, 0.5) is 0 Å². The van der Waals surface area contributed by atoms with E-state index in [0.29, 0.717) is 0 Å². The van der Waals surface area contributed by atoms with Gasteiger partial charge in [-0.3, -0.25) is 0 Å². The first-order valence-electron chi connectivity index (χ1n) is 8.01. The Labute approximate surface area is 141 Å². The highest BCUT2D eigenvalue weighted by Gasteiger charge is 2.16. The SMILES string of the molecule is COc1cccc(CN2C=Cc3[nH]c(-c4ccccc4)nc3C2)c1. The summed E-state index contributed by atoms with van der Waals surface area (Å²) in [5, 5.41) is 0. The van der Waals surface area contributed by atoms with Crippen LogP contribution in [0.25, 0.3) is 17.5 Å². The summed E-state index contributed by atoms with van der Waals surface area (Å²) < 4.78 is 5.30. The van der Waals surface area contributed by atoms with Crippen LogP contribution in [0, 0.1) is 0 Å². The van der Waals surface area contributed by atoms with Gasteiger partial charge >= 0.3 is 0 Å². The number of benzene rings is 2. The smallest absolute Gasteiger partial charge is 0.138 e. The number of ether oxygens (including phenoxy) is 1. The first-order chi connectivity index (χ1) is 11.8. The van der Waals surface area contributed by atoms with E-state index in [2.05, 4.69) is 46.4 Å². The molecule has 4 heteroatoms. The monoisotopic (exact) mass is 317 g/mol. The first kappa shape index (κ1) is 14.6. The molecule has 0 atom stereocenters. The summed E-state index contributed by atoms with van der Waals surface area (Å²) in [4.78, 5) is 10.4. The molecular formula is C20H19N3O. The molecule has 120 valence electrons. The highest BCUT2D eigenvalue weighted by Crippen LogP contribution is 2.24. The Morgan fingerprint density at radius 1 is 1.12 bits per heavy atom. The van der Waals surface area contributed by atoms with Gasteiger partial charge in [-0.2, -0.15) is 0 Å². The molecule has 4 nitrogen and oxygen atoms in total. The van der Waals surface area contributed by atoms with E-state index in [9.17, 15) is 0 Å². The Hall–Kier alpha value is -3.01. The second-order valence-corrected chi connectivity index (χ2v) is 5.88. The van der Waals surface area contributed by atoms with E-state index in [1.165, 1.54) is 5.56 Å². The van der Waals surface area contributed by atoms with Crippen molar-refractivity contribution in [3.63, 3.8) is 0 Å². The van der Waals surface area contributed by atoms with Gasteiger partial charge < -0.3 is 14.6 Å². The number of nitrogens with one attached hydrogen (secondary N) is 1. The van der Waals surface area contributed by atoms with Crippen molar-refractivity contribution in [1.82, 2.24) is 14.9 Å². The number of hydrogen-bond donors (Lipinski definition) is 1. The molecular weight excluding hydrogens is 298 g/mol. The molecule has 0 fully saturated rings. The van der Waals surface area contributed by atoms with Gasteiger partial charge in [0.05, 0.1) is 25.0 Å². The molecule has 0 saturated carbocycles. The molecule has 0 amide bonds. The fourth-order valence-corrected chi connectivity index (χ4v) is 2.95. The first-order valence-corrected chi connectivity index (χ1v) is 8.01. The number of fused-ring (bicyclic) bond motifs is 1. The standard InChI is InChI=1S/C20H19N3O/c1-24-17-9-5-6-15(12-17)13-23-11-10-18-19(14-23)22-20(21-18)16-7-3-2-4-8-16/h2-12H,13-14H2,1H3,(H,21,22). The van der Waals surface area contributed by atoms with Crippen LogP contribution in [-0.4, -0.2) is 22.0 Å². The molecule has 2 heterocycles. The molecule has 1 aliphatic rings. The highest BCUT2D eigenvalue weighted by atomic mass is 16.5. The summed E-state index contributed by atoms with van der Waals surface area (Å²) in [6, 6.07) is 18.4. The van der Waals surface area contributed by atoms with Gasteiger partial charge in [0.15, 0.2) is 0 Å². The minimum atomic E-state index is 0.798. The molecule has 1 aromatic heterocycles. The van der Waals surface area contributed by atoms with Gasteiger partial charge in [0.25, 0.3) is 0 Å². The van der Waals surface area contributed by atoms with Crippen molar-refractivity contribution in [2.24, 2.45) is 0 Å². The Kier molecular flexibility index (Phi) is 3.79. The van der Waals surface area contributed by atoms with Crippen molar-refractivity contribution >= 4 is 6.08 Å². The van der Waals surface area contributed by atoms with E-state index in [0.717, 1.165) is 41.6 Å². The maximum absolute atomic E-state index is 5.30. The van der Waals surface area contributed by atoms with E-state index < -0.39 is 0 Å². The summed E-state index contributed by atoms with van der Waals surface area (Å²) in [6.07, 6.45) is 4.22.